The first-order valence-electron chi connectivity index (χ1n) is 5.46. The van der Waals surface area contributed by atoms with Crippen LogP contribution in [0.5, 0.6) is 5.75 Å². The highest BCUT2D eigenvalue weighted by molar-refractivity contribution is 5.72. The molecule has 0 aliphatic carbocycles. The molecule has 4 nitrogen and oxygen atoms in total. The van der Waals surface area contributed by atoms with Crippen molar-refractivity contribution in [1.29, 1.82) is 0 Å². The molecule has 5 heteroatoms. The number of rotatable bonds is 4. The summed E-state index contributed by atoms with van der Waals surface area (Å²) in [4.78, 5) is 10.4. The first-order valence-corrected chi connectivity index (χ1v) is 5.46. The molecule has 0 N–H and O–H groups in total. The number of aldehydes is 1. The van der Waals surface area contributed by atoms with Gasteiger partial charge < -0.3 is 4.74 Å². The van der Waals surface area contributed by atoms with E-state index in [0.717, 1.165) is 0 Å². The first kappa shape index (κ1) is 12.2. The molecule has 1 heterocycles. The van der Waals surface area contributed by atoms with Gasteiger partial charge in [-0.3, -0.25) is 4.79 Å². The molecule has 0 saturated carbocycles. The van der Waals surface area contributed by atoms with Crippen LogP contribution in [0.2, 0.25) is 0 Å². The minimum atomic E-state index is -0.449. The summed E-state index contributed by atoms with van der Waals surface area (Å²) in [5, 5.41) is 7.54. The lowest BCUT2D eigenvalue weighted by Gasteiger charge is -2.06. The highest BCUT2D eigenvalue weighted by Crippen LogP contribution is 2.24. The van der Waals surface area contributed by atoms with E-state index in [-0.39, 0.29) is 11.4 Å². The van der Waals surface area contributed by atoms with Crippen molar-refractivity contribution >= 4 is 6.29 Å². The topological polar surface area (TPSA) is 52.1 Å². The van der Waals surface area contributed by atoms with Crippen LogP contribution in [0.25, 0.3) is 11.3 Å². The fourth-order valence-corrected chi connectivity index (χ4v) is 1.49. The standard InChI is InChI=1S/C13H11FN2O2/c1-2-18-13-6-3-9(7-11(13)14)12-5-4-10(8-17)15-16-12/h3-8H,2H2,1H3. The maximum atomic E-state index is 13.6. The summed E-state index contributed by atoms with van der Waals surface area (Å²) in [6, 6.07) is 7.72. The van der Waals surface area contributed by atoms with E-state index < -0.39 is 5.82 Å². The molecule has 0 fully saturated rings. The Hall–Kier alpha value is -2.30. The van der Waals surface area contributed by atoms with Crippen LogP contribution in [0.4, 0.5) is 4.39 Å². The van der Waals surface area contributed by atoms with Gasteiger partial charge in [0.2, 0.25) is 0 Å². The summed E-state index contributed by atoms with van der Waals surface area (Å²) in [7, 11) is 0. The van der Waals surface area contributed by atoms with Crippen LogP contribution >= 0.6 is 0 Å². The van der Waals surface area contributed by atoms with E-state index in [9.17, 15) is 9.18 Å². The Balaban J connectivity index is 2.32. The zero-order chi connectivity index (χ0) is 13.0. The van der Waals surface area contributed by atoms with Crippen LogP contribution in [0.1, 0.15) is 17.4 Å². The number of hydrogen-bond acceptors (Lipinski definition) is 4. The Morgan fingerprint density at radius 2 is 2.11 bits per heavy atom. The van der Waals surface area contributed by atoms with E-state index >= 15 is 0 Å². The van der Waals surface area contributed by atoms with Gasteiger partial charge >= 0.3 is 0 Å². The number of halogens is 1. The Kier molecular flexibility index (Phi) is 3.62. The van der Waals surface area contributed by atoms with E-state index in [0.29, 0.717) is 24.2 Å². The molecule has 2 aromatic rings. The SMILES string of the molecule is CCOc1ccc(-c2ccc(C=O)nn2)cc1F. The van der Waals surface area contributed by atoms with Crippen molar-refractivity contribution in [3.8, 4) is 17.0 Å². The van der Waals surface area contributed by atoms with Crippen molar-refractivity contribution in [3.63, 3.8) is 0 Å². The van der Waals surface area contributed by atoms with Gasteiger partial charge in [0.05, 0.1) is 12.3 Å². The lowest BCUT2D eigenvalue weighted by Crippen LogP contribution is -1.96. The first-order chi connectivity index (χ1) is 8.74. The van der Waals surface area contributed by atoms with E-state index in [1.54, 1.807) is 25.1 Å². The third-order valence-corrected chi connectivity index (χ3v) is 2.33. The molecule has 0 spiro atoms. The summed E-state index contributed by atoms with van der Waals surface area (Å²) in [5.41, 5.74) is 1.33. The molecule has 1 aromatic heterocycles. The molecule has 0 bridgehead atoms. The second kappa shape index (κ2) is 5.35. The van der Waals surface area contributed by atoms with E-state index in [1.165, 1.54) is 12.1 Å². The van der Waals surface area contributed by atoms with Gasteiger partial charge in [0, 0.05) is 5.56 Å². The summed E-state index contributed by atoms with van der Waals surface area (Å²) in [6.45, 7) is 2.20. The highest BCUT2D eigenvalue weighted by Gasteiger charge is 2.07. The lowest BCUT2D eigenvalue weighted by atomic mass is 10.1. The van der Waals surface area contributed by atoms with Gasteiger partial charge in [-0.05, 0) is 37.3 Å². The molecule has 18 heavy (non-hydrogen) atoms. The maximum Gasteiger partial charge on any atom is 0.170 e. The van der Waals surface area contributed by atoms with Gasteiger partial charge in [0.25, 0.3) is 0 Å². The number of nitrogens with zero attached hydrogens (tertiary/aromatic N) is 2. The summed E-state index contributed by atoms with van der Waals surface area (Å²) in [6.07, 6.45) is 0.607. The fraction of sp³-hybridized carbons (Fsp3) is 0.154. The lowest BCUT2D eigenvalue weighted by molar-refractivity contribution is 0.111. The van der Waals surface area contributed by atoms with Crippen molar-refractivity contribution in [2.45, 2.75) is 6.92 Å². The molecule has 2 rings (SSSR count). The predicted molar refractivity (Wildman–Crippen MR) is 64.0 cm³/mol. The molecule has 0 radical (unpaired) electrons. The van der Waals surface area contributed by atoms with Crippen molar-refractivity contribution < 1.29 is 13.9 Å². The summed E-state index contributed by atoms with van der Waals surface area (Å²) < 4.78 is 18.7. The molecular formula is C13H11FN2O2. The largest absolute Gasteiger partial charge is 0.491 e. The van der Waals surface area contributed by atoms with Crippen LogP contribution in [0, 0.1) is 5.82 Å². The minimum absolute atomic E-state index is 0.207. The zero-order valence-electron chi connectivity index (χ0n) is 9.76. The number of aromatic nitrogens is 2. The average molecular weight is 246 g/mol. The molecule has 0 unspecified atom stereocenters. The van der Waals surface area contributed by atoms with E-state index in [1.807, 2.05) is 0 Å². The van der Waals surface area contributed by atoms with Crippen molar-refractivity contribution in [1.82, 2.24) is 10.2 Å². The highest BCUT2D eigenvalue weighted by atomic mass is 19.1. The summed E-state index contributed by atoms with van der Waals surface area (Å²) in [5.74, 6) is -0.241. The smallest absolute Gasteiger partial charge is 0.170 e. The second-order valence-electron chi connectivity index (χ2n) is 3.54. The second-order valence-corrected chi connectivity index (χ2v) is 3.54. The third kappa shape index (κ3) is 2.51. The number of hydrogen-bond donors (Lipinski definition) is 0. The van der Waals surface area contributed by atoms with Gasteiger partial charge in [-0.15, -0.1) is 10.2 Å². The Bertz CT molecular complexity index is 555. The predicted octanol–water partition coefficient (Wildman–Crippen LogP) is 2.49. The Morgan fingerprint density at radius 3 is 2.67 bits per heavy atom. The van der Waals surface area contributed by atoms with Crippen molar-refractivity contribution in [2.24, 2.45) is 0 Å². The van der Waals surface area contributed by atoms with E-state index in [2.05, 4.69) is 10.2 Å². The van der Waals surface area contributed by atoms with Crippen LogP contribution in [0.3, 0.4) is 0 Å². The molecule has 0 amide bonds. The molecule has 0 aliphatic heterocycles. The maximum absolute atomic E-state index is 13.6. The molecule has 1 aromatic carbocycles. The van der Waals surface area contributed by atoms with Gasteiger partial charge in [-0.25, -0.2) is 4.39 Å². The normalized spacial score (nSPS) is 10.1. The number of ether oxygens (including phenoxy) is 1. The minimum Gasteiger partial charge on any atom is -0.491 e. The molecule has 0 saturated heterocycles. The van der Waals surface area contributed by atoms with Crippen molar-refractivity contribution in [2.75, 3.05) is 6.61 Å². The zero-order valence-corrected chi connectivity index (χ0v) is 9.76. The van der Waals surface area contributed by atoms with Crippen LogP contribution in [-0.2, 0) is 0 Å². The molecule has 92 valence electrons. The Labute approximate surface area is 103 Å². The Morgan fingerprint density at radius 1 is 1.28 bits per heavy atom. The molecular weight excluding hydrogens is 235 g/mol. The van der Waals surface area contributed by atoms with Gasteiger partial charge in [0.15, 0.2) is 17.9 Å². The number of carbonyl (C=O) groups excluding carboxylic acids is 1. The van der Waals surface area contributed by atoms with Gasteiger partial charge in [-0.2, -0.15) is 0 Å². The van der Waals surface area contributed by atoms with Gasteiger partial charge in [-0.1, -0.05) is 0 Å². The average Bonchev–Trinajstić information content (AvgIpc) is 2.41. The number of benzene rings is 1. The van der Waals surface area contributed by atoms with Crippen molar-refractivity contribution in [3.05, 3.63) is 41.8 Å². The van der Waals surface area contributed by atoms with Gasteiger partial charge in [0.1, 0.15) is 5.69 Å². The summed E-state index contributed by atoms with van der Waals surface area (Å²) >= 11 is 0. The van der Waals surface area contributed by atoms with Crippen LogP contribution in [0.15, 0.2) is 30.3 Å². The molecule has 0 aliphatic rings. The van der Waals surface area contributed by atoms with E-state index in [4.69, 9.17) is 4.74 Å². The quantitative estimate of drug-likeness (QED) is 0.778. The monoisotopic (exact) mass is 246 g/mol. The molecule has 0 atom stereocenters. The number of carbonyl (C=O) groups is 1. The van der Waals surface area contributed by atoms with Crippen LogP contribution < -0.4 is 4.74 Å². The third-order valence-electron chi connectivity index (χ3n) is 2.33. The fourth-order valence-electron chi connectivity index (χ4n) is 1.49. The van der Waals surface area contributed by atoms with Crippen LogP contribution in [-0.4, -0.2) is 23.1 Å².